The first kappa shape index (κ1) is 17.2. The van der Waals surface area contributed by atoms with Crippen molar-refractivity contribution in [3.05, 3.63) is 11.6 Å². The largest absolute Gasteiger partial charge is 0.466 e. The van der Waals surface area contributed by atoms with E-state index in [0.717, 1.165) is 25.9 Å². The van der Waals surface area contributed by atoms with Crippen LogP contribution in [0.5, 0.6) is 0 Å². The van der Waals surface area contributed by atoms with Crippen LogP contribution in [0.2, 0.25) is 0 Å². The summed E-state index contributed by atoms with van der Waals surface area (Å²) in [7, 11) is 1.42. The first-order valence-electron chi connectivity index (χ1n) is 6.95. The molecule has 3 heteroatoms. The summed E-state index contributed by atoms with van der Waals surface area (Å²) in [6.45, 7) is 12.6. The Balaban J connectivity index is 4.63. The van der Waals surface area contributed by atoms with Gasteiger partial charge >= 0.3 is 5.97 Å². The van der Waals surface area contributed by atoms with Crippen molar-refractivity contribution in [3.63, 3.8) is 0 Å². The normalized spacial score (nSPS) is 12.6. The Kier molecular flexibility index (Phi) is 8.73. The molecule has 0 atom stereocenters. The first-order chi connectivity index (χ1) is 8.46. The molecule has 18 heavy (non-hydrogen) atoms. The predicted octanol–water partition coefficient (Wildman–Crippen LogP) is 3.25. The smallest absolute Gasteiger partial charge is 0.333 e. The van der Waals surface area contributed by atoms with E-state index in [0.29, 0.717) is 17.5 Å². The Bertz CT molecular complexity index is 268. The van der Waals surface area contributed by atoms with Crippen LogP contribution in [0.4, 0.5) is 0 Å². The third kappa shape index (κ3) is 6.20. The predicted molar refractivity (Wildman–Crippen MR) is 76.6 cm³/mol. The molecule has 106 valence electrons. The summed E-state index contributed by atoms with van der Waals surface area (Å²) in [5.41, 5.74) is 0.692. The summed E-state index contributed by atoms with van der Waals surface area (Å²) in [6.07, 6.45) is 4.27. The van der Waals surface area contributed by atoms with E-state index in [1.807, 2.05) is 13.0 Å². The highest BCUT2D eigenvalue weighted by molar-refractivity contribution is 5.87. The van der Waals surface area contributed by atoms with E-state index < -0.39 is 0 Å². The van der Waals surface area contributed by atoms with Gasteiger partial charge in [0.1, 0.15) is 0 Å². The van der Waals surface area contributed by atoms with E-state index in [1.54, 1.807) is 0 Å². The molecule has 0 amide bonds. The number of hydrogen-bond donors (Lipinski definition) is 0. The number of rotatable bonds is 8. The van der Waals surface area contributed by atoms with Crippen LogP contribution in [0.1, 0.15) is 47.5 Å². The van der Waals surface area contributed by atoms with Crippen molar-refractivity contribution in [1.29, 1.82) is 0 Å². The van der Waals surface area contributed by atoms with Crippen molar-refractivity contribution >= 4 is 5.97 Å². The van der Waals surface area contributed by atoms with Crippen molar-refractivity contribution in [2.24, 2.45) is 5.92 Å². The van der Waals surface area contributed by atoms with Crippen LogP contribution in [0.25, 0.3) is 0 Å². The monoisotopic (exact) mass is 255 g/mol. The van der Waals surface area contributed by atoms with E-state index in [-0.39, 0.29) is 5.97 Å². The zero-order valence-corrected chi connectivity index (χ0v) is 12.8. The Morgan fingerprint density at radius 2 is 1.83 bits per heavy atom. The molecule has 0 aromatic rings. The highest BCUT2D eigenvalue weighted by atomic mass is 16.5. The van der Waals surface area contributed by atoms with E-state index in [2.05, 4.69) is 32.6 Å². The SMILES string of the molecule is CCC(CC)N(CC=C(C)C(=O)OC)CC(C)C. The standard InChI is InChI=1S/C15H29NO2/c1-7-14(8-2)16(11-12(3)4)10-9-13(5)15(17)18-6/h9,12,14H,7-8,10-11H2,1-6H3. The van der Waals surface area contributed by atoms with Gasteiger partial charge in [-0.3, -0.25) is 4.90 Å². The van der Waals surface area contributed by atoms with Crippen molar-refractivity contribution in [1.82, 2.24) is 4.90 Å². The third-order valence-electron chi connectivity index (χ3n) is 3.20. The lowest BCUT2D eigenvalue weighted by atomic mass is 10.1. The summed E-state index contributed by atoms with van der Waals surface area (Å²) < 4.78 is 4.71. The Morgan fingerprint density at radius 3 is 2.22 bits per heavy atom. The molecule has 3 nitrogen and oxygen atoms in total. The third-order valence-corrected chi connectivity index (χ3v) is 3.20. The van der Waals surface area contributed by atoms with Gasteiger partial charge in [0.05, 0.1) is 7.11 Å². The quantitative estimate of drug-likeness (QED) is 0.492. The molecule has 0 aliphatic carbocycles. The van der Waals surface area contributed by atoms with Gasteiger partial charge in [0.15, 0.2) is 0 Å². The van der Waals surface area contributed by atoms with Gasteiger partial charge < -0.3 is 4.74 Å². The number of carbonyl (C=O) groups excluding carboxylic acids is 1. The molecule has 0 saturated heterocycles. The van der Waals surface area contributed by atoms with Gasteiger partial charge in [0.2, 0.25) is 0 Å². The van der Waals surface area contributed by atoms with Crippen molar-refractivity contribution in [2.75, 3.05) is 20.2 Å². The molecule has 0 saturated carbocycles. The summed E-state index contributed by atoms with van der Waals surface area (Å²) in [5.74, 6) is 0.404. The van der Waals surface area contributed by atoms with Gasteiger partial charge in [-0.15, -0.1) is 0 Å². The van der Waals surface area contributed by atoms with E-state index in [1.165, 1.54) is 7.11 Å². The van der Waals surface area contributed by atoms with Crippen molar-refractivity contribution in [3.8, 4) is 0 Å². The fourth-order valence-corrected chi connectivity index (χ4v) is 2.15. The molecule has 0 radical (unpaired) electrons. The fraction of sp³-hybridized carbons (Fsp3) is 0.800. The molecule has 0 rings (SSSR count). The zero-order valence-electron chi connectivity index (χ0n) is 12.8. The molecule has 0 aromatic heterocycles. The van der Waals surface area contributed by atoms with Gasteiger partial charge in [0, 0.05) is 24.7 Å². The highest BCUT2D eigenvalue weighted by Crippen LogP contribution is 2.12. The average Bonchev–Trinajstić information content (AvgIpc) is 2.35. The molecule has 0 fully saturated rings. The lowest BCUT2D eigenvalue weighted by molar-refractivity contribution is -0.136. The number of methoxy groups -OCH3 is 1. The van der Waals surface area contributed by atoms with Gasteiger partial charge in [-0.1, -0.05) is 33.8 Å². The molecular weight excluding hydrogens is 226 g/mol. The minimum absolute atomic E-state index is 0.232. The molecule has 0 aromatic carbocycles. The minimum Gasteiger partial charge on any atom is -0.466 e. The first-order valence-corrected chi connectivity index (χ1v) is 6.95. The van der Waals surface area contributed by atoms with Crippen LogP contribution in [0, 0.1) is 5.92 Å². The van der Waals surface area contributed by atoms with Gasteiger partial charge in [-0.2, -0.15) is 0 Å². The van der Waals surface area contributed by atoms with Crippen LogP contribution in [-0.4, -0.2) is 37.1 Å². The Labute approximate surface area is 112 Å². The number of carbonyl (C=O) groups is 1. The molecule has 0 heterocycles. The van der Waals surface area contributed by atoms with Crippen molar-refractivity contribution in [2.45, 2.75) is 53.5 Å². The molecule has 0 unspecified atom stereocenters. The Morgan fingerprint density at radius 1 is 1.28 bits per heavy atom. The van der Waals surface area contributed by atoms with Gasteiger partial charge in [0.25, 0.3) is 0 Å². The maximum Gasteiger partial charge on any atom is 0.333 e. The van der Waals surface area contributed by atoms with E-state index >= 15 is 0 Å². The second kappa shape index (κ2) is 9.15. The maximum absolute atomic E-state index is 11.3. The minimum atomic E-state index is -0.232. The molecule has 0 bridgehead atoms. The Hall–Kier alpha value is -0.830. The number of hydrogen-bond acceptors (Lipinski definition) is 3. The maximum atomic E-state index is 11.3. The topological polar surface area (TPSA) is 29.5 Å². The number of nitrogens with zero attached hydrogens (tertiary/aromatic N) is 1. The molecule has 0 N–H and O–H groups in total. The van der Waals surface area contributed by atoms with Crippen LogP contribution in [0.15, 0.2) is 11.6 Å². The summed E-state index contributed by atoms with van der Waals surface area (Å²) in [5, 5.41) is 0. The molecule has 0 aliphatic heterocycles. The number of esters is 1. The molecular formula is C15H29NO2. The number of ether oxygens (including phenoxy) is 1. The molecule has 0 aliphatic rings. The lowest BCUT2D eigenvalue weighted by Gasteiger charge is -2.31. The van der Waals surface area contributed by atoms with Crippen LogP contribution < -0.4 is 0 Å². The van der Waals surface area contributed by atoms with Crippen molar-refractivity contribution < 1.29 is 9.53 Å². The van der Waals surface area contributed by atoms with E-state index in [9.17, 15) is 4.79 Å². The van der Waals surface area contributed by atoms with Crippen LogP contribution in [0.3, 0.4) is 0 Å². The summed E-state index contributed by atoms with van der Waals surface area (Å²) in [4.78, 5) is 13.8. The zero-order chi connectivity index (χ0) is 14.1. The van der Waals surface area contributed by atoms with Crippen LogP contribution >= 0.6 is 0 Å². The lowest BCUT2D eigenvalue weighted by Crippen LogP contribution is -2.37. The second-order valence-corrected chi connectivity index (χ2v) is 5.20. The molecule has 0 spiro atoms. The summed E-state index contributed by atoms with van der Waals surface area (Å²) in [6, 6.07) is 0.592. The highest BCUT2D eigenvalue weighted by Gasteiger charge is 2.15. The average molecular weight is 255 g/mol. The van der Waals surface area contributed by atoms with E-state index in [4.69, 9.17) is 4.74 Å². The van der Waals surface area contributed by atoms with Gasteiger partial charge in [-0.05, 0) is 25.7 Å². The van der Waals surface area contributed by atoms with Crippen LogP contribution in [-0.2, 0) is 9.53 Å². The fourth-order valence-electron chi connectivity index (χ4n) is 2.15. The van der Waals surface area contributed by atoms with Gasteiger partial charge in [-0.25, -0.2) is 4.79 Å². The summed E-state index contributed by atoms with van der Waals surface area (Å²) >= 11 is 0. The second-order valence-electron chi connectivity index (χ2n) is 5.20.